The van der Waals surface area contributed by atoms with Crippen molar-refractivity contribution < 1.29 is 32.2 Å². The van der Waals surface area contributed by atoms with E-state index in [-0.39, 0.29) is 11.5 Å². The van der Waals surface area contributed by atoms with Crippen molar-refractivity contribution in [3.63, 3.8) is 0 Å². The molecule has 2 aromatic rings. The van der Waals surface area contributed by atoms with Crippen LogP contribution in [0.25, 0.3) is 0 Å². The maximum absolute atomic E-state index is 13.0. The van der Waals surface area contributed by atoms with Gasteiger partial charge in [0.1, 0.15) is 22.9 Å². The highest BCUT2D eigenvalue weighted by molar-refractivity contribution is 6.31. The van der Waals surface area contributed by atoms with Gasteiger partial charge in [0, 0.05) is 6.07 Å². The smallest absolute Gasteiger partial charge is 0.417 e. The van der Waals surface area contributed by atoms with Gasteiger partial charge < -0.3 is 9.84 Å². The van der Waals surface area contributed by atoms with Gasteiger partial charge in [-0.1, -0.05) is 11.6 Å². The summed E-state index contributed by atoms with van der Waals surface area (Å²) in [6, 6.07) is 4.63. The molecule has 2 aromatic carbocycles. The van der Waals surface area contributed by atoms with Crippen LogP contribution in [0, 0.1) is 12.7 Å². The van der Waals surface area contributed by atoms with Crippen LogP contribution in [-0.2, 0) is 6.18 Å². The minimum absolute atomic E-state index is 0.102. The van der Waals surface area contributed by atoms with Crippen LogP contribution < -0.4 is 4.74 Å². The van der Waals surface area contributed by atoms with Gasteiger partial charge in [0.2, 0.25) is 0 Å². The van der Waals surface area contributed by atoms with Crippen LogP contribution in [0.15, 0.2) is 30.3 Å². The number of hydrogen-bond donors (Lipinski definition) is 1. The number of halogens is 5. The van der Waals surface area contributed by atoms with E-state index in [2.05, 4.69) is 0 Å². The molecule has 122 valence electrons. The summed E-state index contributed by atoms with van der Waals surface area (Å²) in [5.74, 6) is -2.41. The number of aromatic carboxylic acids is 1. The molecule has 0 saturated heterocycles. The van der Waals surface area contributed by atoms with Gasteiger partial charge in [0.05, 0.1) is 10.6 Å². The molecule has 0 heterocycles. The Labute approximate surface area is 133 Å². The Morgan fingerprint density at radius 1 is 1.17 bits per heavy atom. The minimum Gasteiger partial charge on any atom is -0.478 e. The summed E-state index contributed by atoms with van der Waals surface area (Å²) >= 11 is 5.57. The second-order valence-electron chi connectivity index (χ2n) is 4.64. The number of carbonyl (C=O) groups is 1. The number of ether oxygens (including phenoxy) is 1. The molecule has 0 fully saturated rings. The molecule has 0 radical (unpaired) electrons. The Morgan fingerprint density at radius 3 is 2.35 bits per heavy atom. The van der Waals surface area contributed by atoms with E-state index in [9.17, 15) is 22.4 Å². The summed E-state index contributed by atoms with van der Waals surface area (Å²) in [7, 11) is 0. The zero-order valence-electron chi connectivity index (χ0n) is 11.5. The van der Waals surface area contributed by atoms with Crippen LogP contribution in [0.1, 0.15) is 21.5 Å². The molecule has 2 rings (SSSR count). The average molecular weight is 349 g/mol. The van der Waals surface area contributed by atoms with Crippen molar-refractivity contribution in [2.45, 2.75) is 13.1 Å². The molecular weight excluding hydrogens is 340 g/mol. The standard InChI is InChI=1S/C15H9ClF4O3/c1-7-4-8(17)2-3-12(7)23-13-6-11(16)10(15(18,19)20)5-9(13)14(21)22/h2-6H,1H3,(H,21,22). The highest BCUT2D eigenvalue weighted by atomic mass is 35.5. The summed E-state index contributed by atoms with van der Waals surface area (Å²) in [6.07, 6.45) is -4.80. The molecule has 0 saturated carbocycles. The van der Waals surface area contributed by atoms with Crippen molar-refractivity contribution >= 4 is 17.6 Å². The van der Waals surface area contributed by atoms with Crippen molar-refractivity contribution in [1.82, 2.24) is 0 Å². The van der Waals surface area contributed by atoms with E-state index in [1.165, 1.54) is 13.0 Å². The quantitative estimate of drug-likeness (QED) is 0.766. The summed E-state index contributed by atoms with van der Waals surface area (Å²) in [5.41, 5.74) is -1.64. The highest BCUT2D eigenvalue weighted by Gasteiger charge is 2.35. The van der Waals surface area contributed by atoms with Gasteiger partial charge in [-0.3, -0.25) is 0 Å². The van der Waals surface area contributed by atoms with E-state index in [0.29, 0.717) is 11.6 Å². The molecule has 0 bridgehead atoms. The summed E-state index contributed by atoms with van der Waals surface area (Å²) in [5, 5.41) is 8.39. The highest BCUT2D eigenvalue weighted by Crippen LogP contribution is 2.39. The first kappa shape index (κ1) is 17.1. The molecule has 0 aliphatic carbocycles. The second-order valence-corrected chi connectivity index (χ2v) is 5.05. The van der Waals surface area contributed by atoms with Crippen LogP contribution >= 0.6 is 11.6 Å². The third-order valence-corrected chi connectivity index (χ3v) is 3.27. The molecule has 0 unspecified atom stereocenters. The molecule has 23 heavy (non-hydrogen) atoms. The lowest BCUT2D eigenvalue weighted by atomic mass is 10.1. The molecule has 1 N–H and O–H groups in total. The maximum atomic E-state index is 13.0. The van der Waals surface area contributed by atoms with Gasteiger partial charge in [0.15, 0.2) is 0 Å². The number of rotatable bonds is 3. The first-order valence-corrected chi connectivity index (χ1v) is 6.55. The first-order chi connectivity index (χ1) is 10.6. The van der Waals surface area contributed by atoms with Crippen molar-refractivity contribution in [3.05, 3.63) is 57.9 Å². The SMILES string of the molecule is Cc1cc(F)ccc1Oc1cc(Cl)c(C(F)(F)F)cc1C(=O)O. The molecular formula is C15H9ClF4O3. The van der Waals surface area contributed by atoms with Crippen molar-refractivity contribution in [3.8, 4) is 11.5 Å². The van der Waals surface area contributed by atoms with E-state index < -0.39 is 34.1 Å². The Morgan fingerprint density at radius 2 is 1.83 bits per heavy atom. The summed E-state index contributed by atoms with van der Waals surface area (Å²) in [4.78, 5) is 11.2. The average Bonchev–Trinajstić information content (AvgIpc) is 2.40. The fourth-order valence-electron chi connectivity index (χ4n) is 1.87. The Balaban J connectivity index is 2.54. The molecule has 3 nitrogen and oxygen atoms in total. The van der Waals surface area contributed by atoms with E-state index in [4.69, 9.17) is 21.4 Å². The van der Waals surface area contributed by atoms with Gasteiger partial charge in [0.25, 0.3) is 0 Å². The molecule has 0 aliphatic heterocycles. The number of benzene rings is 2. The monoisotopic (exact) mass is 348 g/mol. The van der Waals surface area contributed by atoms with Crippen LogP contribution in [0.5, 0.6) is 11.5 Å². The molecule has 0 aromatic heterocycles. The van der Waals surface area contributed by atoms with Gasteiger partial charge in [-0.05, 0) is 36.8 Å². The lowest BCUT2D eigenvalue weighted by Crippen LogP contribution is -2.10. The number of aryl methyl sites for hydroxylation is 1. The lowest BCUT2D eigenvalue weighted by Gasteiger charge is -2.15. The van der Waals surface area contributed by atoms with Gasteiger partial charge in [-0.25, -0.2) is 9.18 Å². The topological polar surface area (TPSA) is 46.5 Å². The zero-order valence-corrected chi connectivity index (χ0v) is 12.3. The van der Waals surface area contributed by atoms with Gasteiger partial charge >= 0.3 is 12.1 Å². The Bertz CT molecular complexity index is 772. The maximum Gasteiger partial charge on any atom is 0.417 e. The van der Waals surface area contributed by atoms with Crippen LogP contribution in [-0.4, -0.2) is 11.1 Å². The van der Waals surface area contributed by atoms with Crippen LogP contribution in [0.4, 0.5) is 17.6 Å². The molecule has 0 aliphatic rings. The molecule has 0 atom stereocenters. The fourth-order valence-corrected chi connectivity index (χ4v) is 2.13. The lowest BCUT2D eigenvalue weighted by molar-refractivity contribution is -0.137. The first-order valence-electron chi connectivity index (χ1n) is 6.17. The largest absolute Gasteiger partial charge is 0.478 e. The molecule has 0 amide bonds. The van der Waals surface area contributed by atoms with E-state index in [1.54, 1.807) is 0 Å². The third kappa shape index (κ3) is 3.73. The number of hydrogen-bond acceptors (Lipinski definition) is 2. The summed E-state index contributed by atoms with van der Waals surface area (Å²) in [6.45, 7) is 1.50. The Hall–Kier alpha value is -2.28. The number of carboxylic acid groups (broad SMARTS) is 1. The van der Waals surface area contributed by atoms with Crippen molar-refractivity contribution in [2.75, 3.05) is 0 Å². The predicted molar refractivity (Wildman–Crippen MR) is 74.6 cm³/mol. The van der Waals surface area contributed by atoms with E-state index in [1.807, 2.05) is 0 Å². The predicted octanol–water partition coefficient (Wildman–Crippen LogP) is 5.30. The zero-order chi connectivity index (χ0) is 17.4. The van der Waals surface area contributed by atoms with E-state index >= 15 is 0 Å². The second kappa shape index (κ2) is 6.08. The van der Waals surface area contributed by atoms with E-state index in [0.717, 1.165) is 18.2 Å². The van der Waals surface area contributed by atoms with Crippen molar-refractivity contribution in [1.29, 1.82) is 0 Å². The van der Waals surface area contributed by atoms with Crippen LogP contribution in [0.2, 0.25) is 5.02 Å². The minimum atomic E-state index is -4.80. The van der Waals surface area contributed by atoms with Gasteiger partial charge in [-0.15, -0.1) is 0 Å². The third-order valence-electron chi connectivity index (χ3n) is 2.96. The van der Waals surface area contributed by atoms with Crippen molar-refractivity contribution in [2.24, 2.45) is 0 Å². The number of alkyl halides is 3. The fraction of sp³-hybridized carbons (Fsp3) is 0.133. The van der Waals surface area contributed by atoms with Gasteiger partial charge in [-0.2, -0.15) is 13.2 Å². The molecule has 0 spiro atoms. The Kier molecular flexibility index (Phi) is 4.51. The molecule has 8 heteroatoms. The summed E-state index contributed by atoms with van der Waals surface area (Å²) < 4.78 is 56.8. The number of carboxylic acids is 1. The normalized spacial score (nSPS) is 11.4. The van der Waals surface area contributed by atoms with Crippen LogP contribution in [0.3, 0.4) is 0 Å².